The molecule has 6 nitrogen and oxygen atoms in total. The van der Waals surface area contributed by atoms with Gasteiger partial charge in [-0.15, -0.1) is 11.3 Å². The summed E-state index contributed by atoms with van der Waals surface area (Å²) in [6.45, 7) is -0.347. The monoisotopic (exact) mass is 410 g/mol. The van der Waals surface area contributed by atoms with Gasteiger partial charge in [0.2, 0.25) is 5.91 Å². The van der Waals surface area contributed by atoms with Crippen LogP contribution in [-0.2, 0) is 27.2 Å². The Labute approximate surface area is 173 Å². The molecule has 150 valence electrons. The zero-order valence-electron chi connectivity index (χ0n) is 16.0. The zero-order chi connectivity index (χ0) is 20.6. The van der Waals surface area contributed by atoms with Crippen molar-refractivity contribution in [3.05, 3.63) is 51.9 Å². The summed E-state index contributed by atoms with van der Waals surface area (Å²) >= 11 is 1.46. The minimum atomic E-state index is -0.605. The second-order valence-corrected chi connectivity index (χ2v) is 7.98. The molecule has 7 heteroatoms. The number of carbonyl (C=O) groups excluding carboxylic acids is 3. The number of hydrogen-bond donors (Lipinski definition) is 1. The van der Waals surface area contributed by atoms with Crippen LogP contribution in [-0.4, -0.2) is 24.3 Å². The molecule has 1 aromatic heterocycles. The lowest BCUT2D eigenvalue weighted by Gasteiger charge is -2.05. The van der Waals surface area contributed by atoms with Gasteiger partial charge in [-0.05, 0) is 31.2 Å². The Bertz CT molecular complexity index is 944. The number of anilines is 1. The minimum Gasteiger partial charge on any atom is -0.457 e. The van der Waals surface area contributed by atoms with Crippen LogP contribution >= 0.6 is 11.3 Å². The number of ether oxygens (including phenoxy) is 1. The van der Waals surface area contributed by atoms with Gasteiger partial charge in [0.15, 0.2) is 12.4 Å². The minimum absolute atomic E-state index is 0.0637. The molecule has 0 atom stereocenters. The number of fused-ring (bicyclic) bond motifs is 1. The third kappa shape index (κ3) is 5.52. The molecule has 0 saturated carbocycles. The molecule has 0 radical (unpaired) electrons. The number of nitriles is 1. The molecular weight excluding hydrogens is 388 g/mol. The molecular formula is C22H22N2O4S. The van der Waals surface area contributed by atoms with E-state index in [1.54, 1.807) is 30.3 Å². The Kier molecular flexibility index (Phi) is 7.14. The van der Waals surface area contributed by atoms with Gasteiger partial charge < -0.3 is 10.1 Å². The van der Waals surface area contributed by atoms with E-state index < -0.39 is 5.97 Å². The zero-order valence-corrected chi connectivity index (χ0v) is 16.8. The fourth-order valence-electron chi connectivity index (χ4n) is 3.28. The number of esters is 1. The second-order valence-electron chi connectivity index (χ2n) is 6.88. The van der Waals surface area contributed by atoms with Gasteiger partial charge in [0.05, 0.1) is 12.0 Å². The predicted octanol–water partition coefficient (Wildman–Crippen LogP) is 4.03. The van der Waals surface area contributed by atoms with Crippen molar-refractivity contribution in [1.29, 1.82) is 5.26 Å². The predicted molar refractivity (Wildman–Crippen MR) is 110 cm³/mol. The first-order valence-electron chi connectivity index (χ1n) is 9.67. The van der Waals surface area contributed by atoms with Gasteiger partial charge in [-0.25, -0.2) is 0 Å². The number of Topliss-reactive ketones (excluding diaryl/α,β-unsaturated/α-hetero) is 1. The Hall–Kier alpha value is -2.98. The van der Waals surface area contributed by atoms with Crippen molar-refractivity contribution in [3.63, 3.8) is 0 Å². The maximum Gasteiger partial charge on any atom is 0.306 e. The Morgan fingerprint density at radius 3 is 2.59 bits per heavy atom. The van der Waals surface area contributed by atoms with E-state index in [0.29, 0.717) is 16.1 Å². The van der Waals surface area contributed by atoms with Gasteiger partial charge in [0, 0.05) is 16.9 Å². The molecule has 0 fully saturated rings. The number of nitrogens with one attached hydrogen (secondary N) is 1. The fraction of sp³-hybridized carbons (Fsp3) is 0.364. The van der Waals surface area contributed by atoms with Crippen LogP contribution < -0.4 is 5.32 Å². The van der Waals surface area contributed by atoms with Crippen molar-refractivity contribution >= 4 is 34.0 Å². The van der Waals surface area contributed by atoms with Crippen LogP contribution in [0, 0.1) is 11.3 Å². The van der Waals surface area contributed by atoms with E-state index in [2.05, 4.69) is 11.4 Å². The van der Waals surface area contributed by atoms with Crippen molar-refractivity contribution in [2.24, 2.45) is 0 Å². The fourth-order valence-corrected chi connectivity index (χ4v) is 4.54. The van der Waals surface area contributed by atoms with Gasteiger partial charge in [0.1, 0.15) is 11.1 Å². The number of nitrogens with zero attached hydrogens (tertiary/aromatic N) is 1. The summed E-state index contributed by atoms with van der Waals surface area (Å²) in [4.78, 5) is 37.2. The molecule has 1 heterocycles. The summed E-state index contributed by atoms with van der Waals surface area (Å²) in [5.41, 5.74) is 2.08. The maximum atomic E-state index is 12.2. The molecule has 2 aromatic rings. The van der Waals surface area contributed by atoms with E-state index in [0.717, 1.165) is 37.7 Å². The SMILES string of the molecule is N#Cc1c(NC(=O)CCC(=O)OCC(=O)c2ccccc2)sc2c1CCCCC2. The summed E-state index contributed by atoms with van der Waals surface area (Å²) in [6, 6.07) is 10.8. The highest BCUT2D eigenvalue weighted by molar-refractivity contribution is 7.16. The van der Waals surface area contributed by atoms with Gasteiger partial charge in [-0.2, -0.15) is 5.26 Å². The molecule has 1 N–H and O–H groups in total. The van der Waals surface area contributed by atoms with Crippen LogP contribution in [0.2, 0.25) is 0 Å². The van der Waals surface area contributed by atoms with Crippen LogP contribution in [0.4, 0.5) is 5.00 Å². The summed E-state index contributed by atoms with van der Waals surface area (Å²) in [5, 5.41) is 12.8. The maximum absolute atomic E-state index is 12.2. The third-order valence-corrected chi connectivity index (χ3v) is 6.01. The molecule has 0 aliphatic heterocycles. The molecule has 3 rings (SSSR count). The number of amides is 1. The molecule has 0 saturated heterocycles. The van der Waals surface area contributed by atoms with Crippen molar-refractivity contribution in [2.75, 3.05) is 11.9 Å². The lowest BCUT2D eigenvalue weighted by Crippen LogP contribution is -2.17. The van der Waals surface area contributed by atoms with Crippen molar-refractivity contribution < 1.29 is 19.1 Å². The molecule has 0 unspecified atom stereocenters. The standard InChI is InChI=1S/C22H22N2O4S/c23-13-17-16-9-5-2-6-10-19(16)29-22(17)24-20(26)11-12-21(27)28-14-18(25)15-7-3-1-4-8-15/h1,3-4,7-8H,2,5-6,9-12,14H2,(H,24,26). The smallest absolute Gasteiger partial charge is 0.306 e. The molecule has 1 aromatic carbocycles. The number of carbonyl (C=O) groups is 3. The first kappa shape index (κ1) is 20.7. The number of aryl methyl sites for hydroxylation is 1. The Morgan fingerprint density at radius 1 is 1.07 bits per heavy atom. The largest absolute Gasteiger partial charge is 0.457 e. The molecule has 1 aliphatic carbocycles. The van der Waals surface area contributed by atoms with E-state index in [4.69, 9.17) is 4.74 Å². The summed E-state index contributed by atoms with van der Waals surface area (Å²) in [6.07, 6.45) is 4.92. The van der Waals surface area contributed by atoms with E-state index in [-0.39, 0.29) is 31.1 Å². The van der Waals surface area contributed by atoms with Crippen molar-refractivity contribution in [1.82, 2.24) is 0 Å². The third-order valence-electron chi connectivity index (χ3n) is 4.80. The van der Waals surface area contributed by atoms with Crippen LogP contribution in [0.1, 0.15) is 58.5 Å². The van der Waals surface area contributed by atoms with Crippen LogP contribution in [0.15, 0.2) is 30.3 Å². The van der Waals surface area contributed by atoms with Gasteiger partial charge in [-0.3, -0.25) is 14.4 Å². The van der Waals surface area contributed by atoms with E-state index in [1.165, 1.54) is 16.2 Å². The molecule has 1 aliphatic rings. The van der Waals surface area contributed by atoms with Crippen molar-refractivity contribution in [3.8, 4) is 6.07 Å². The lowest BCUT2D eigenvalue weighted by molar-refractivity contribution is -0.143. The molecule has 29 heavy (non-hydrogen) atoms. The first-order valence-corrected chi connectivity index (χ1v) is 10.5. The topological polar surface area (TPSA) is 96.3 Å². The number of hydrogen-bond acceptors (Lipinski definition) is 6. The molecule has 0 bridgehead atoms. The lowest BCUT2D eigenvalue weighted by atomic mass is 10.1. The number of ketones is 1. The number of benzene rings is 1. The first-order chi connectivity index (χ1) is 14.1. The Morgan fingerprint density at radius 2 is 1.83 bits per heavy atom. The number of rotatable bonds is 7. The highest BCUT2D eigenvalue weighted by Gasteiger charge is 2.21. The number of thiophene rings is 1. The molecule has 0 spiro atoms. The second kappa shape index (κ2) is 9.99. The van der Waals surface area contributed by atoms with Crippen molar-refractivity contribution in [2.45, 2.75) is 44.9 Å². The average Bonchev–Trinajstić information content (AvgIpc) is 2.89. The van der Waals surface area contributed by atoms with E-state index in [9.17, 15) is 19.6 Å². The highest BCUT2D eigenvalue weighted by Crippen LogP contribution is 2.37. The van der Waals surface area contributed by atoms with E-state index in [1.807, 2.05) is 0 Å². The Balaban J connectivity index is 1.48. The van der Waals surface area contributed by atoms with Crippen LogP contribution in [0.25, 0.3) is 0 Å². The van der Waals surface area contributed by atoms with Gasteiger partial charge in [-0.1, -0.05) is 36.8 Å². The summed E-state index contributed by atoms with van der Waals surface area (Å²) < 4.78 is 4.97. The van der Waals surface area contributed by atoms with E-state index >= 15 is 0 Å². The quantitative estimate of drug-likeness (QED) is 0.422. The van der Waals surface area contributed by atoms with Gasteiger partial charge >= 0.3 is 5.97 Å². The molecule has 1 amide bonds. The van der Waals surface area contributed by atoms with Crippen LogP contribution in [0.3, 0.4) is 0 Å². The van der Waals surface area contributed by atoms with Crippen LogP contribution in [0.5, 0.6) is 0 Å². The summed E-state index contributed by atoms with van der Waals surface area (Å²) in [5.74, 6) is -1.24. The van der Waals surface area contributed by atoms with Gasteiger partial charge in [0.25, 0.3) is 0 Å². The average molecular weight is 410 g/mol. The summed E-state index contributed by atoms with van der Waals surface area (Å²) in [7, 11) is 0. The normalized spacial score (nSPS) is 12.9. The highest BCUT2D eigenvalue weighted by atomic mass is 32.1.